The summed E-state index contributed by atoms with van der Waals surface area (Å²) in [7, 11) is -0.184. The first-order valence-corrected chi connectivity index (χ1v) is 7.40. The predicted octanol–water partition coefficient (Wildman–Crippen LogP) is 4.58. The smallest absolute Gasteiger partial charge is 0.401 e. The van der Waals surface area contributed by atoms with Crippen molar-refractivity contribution in [3.05, 3.63) is 83.9 Å². The summed E-state index contributed by atoms with van der Waals surface area (Å²) in [6, 6.07) is 20.6. The number of benzene rings is 2. The molecule has 3 rings (SSSR count). The standard InChI is InChI=1S/C18H19BO2/c1-2-3-14-19-20-17(15-10-6-4-7-11-15)18(21-19)16-12-8-5-9-13-16/h2-13,17-18H,14H2,1H3/b3-2+/t17-,18-/m1/s1. The minimum absolute atomic E-state index is 0.0520. The molecule has 0 aliphatic carbocycles. The van der Waals surface area contributed by atoms with Crippen LogP contribution in [0.2, 0.25) is 6.32 Å². The van der Waals surface area contributed by atoms with Gasteiger partial charge in [-0.1, -0.05) is 72.8 Å². The molecule has 1 saturated heterocycles. The molecule has 0 saturated carbocycles. The predicted molar refractivity (Wildman–Crippen MR) is 85.9 cm³/mol. The molecule has 0 spiro atoms. The normalized spacial score (nSPS) is 22.0. The molecule has 1 aliphatic rings. The lowest BCUT2D eigenvalue weighted by Crippen LogP contribution is -2.12. The van der Waals surface area contributed by atoms with Gasteiger partial charge in [-0.05, 0) is 18.1 Å². The van der Waals surface area contributed by atoms with Crippen molar-refractivity contribution in [2.24, 2.45) is 0 Å². The summed E-state index contributed by atoms with van der Waals surface area (Å²) >= 11 is 0. The van der Waals surface area contributed by atoms with Crippen molar-refractivity contribution < 1.29 is 9.31 Å². The lowest BCUT2D eigenvalue weighted by atomic mass is 9.85. The average Bonchev–Trinajstić information content (AvgIpc) is 2.99. The largest absolute Gasteiger partial charge is 0.461 e. The van der Waals surface area contributed by atoms with Gasteiger partial charge in [-0.3, -0.25) is 0 Å². The van der Waals surface area contributed by atoms with Gasteiger partial charge in [-0.15, -0.1) is 0 Å². The van der Waals surface area contributed by atoms with Gasteiger partial charge in [0.25, 0.3) is 0 Å². The summed E-state index contributed by atoms with van der Waals surface area (Å²) in [5, 5.41) is 0. The molecule has 0 bridgehead atoms. The number of hydrogen-bond acceptors (Lipinski definition) is 2. The molecule has 1 fully saturated rings. The van der Waals surface area contributed by atoms with Gasteiger partial charge in [0, 0.05) is 6.32 Å². The molecule has 106 valence electrons. The maximum Gasteiger partial charge on any atom is 0.461 e. The van der Waals surface area contributed by atoms with Crippen LogP contribution in [0.1, 0.15) is 30.3 Å². The molecule has 1 aliphatic heterocycles. The summed E-state index contributed by atoms with van der Waals surface area (Å²) < 4.78 is 12.3. The first-order valence-electron chi connectivity index (χ1n) is 7.40. The van der Waals surface area contributed by atoms with Crippen LogP contribution in [0.25, 0.3) is 0 Å². The zero-order valence-corrected chi connectivity index (χ0v) is 12.2. The second-order valence-corrected chi connectivity index (χ2v) is 5.17. The zero-order chi connectivity index (χ0) is 14.5. The lowest BCUT2D eigenvalue weighted by Gasteiger charge is -2.19. The van der Waals surface area contributed by atoms with Crippen molar-refractivity contribution in [1.82, 2.24) is 0 Å². The summed E-state index contributed by atoms with van der Waals surface area (Å²) in [6.45, 7) is 2.01. The Morgan fingerprint density at radius 2 is 1.33 bits per heavy atom. The molecule has 2 aromatic carbocycles. The van der Waals surface area contributed by atoms with Crippen LogP contribution < -0.4 is 0 Å². The van der Waals surface area contributed by atoms with E-state index in [-0.39, 0.29) is 19.3 Å². The molecular formula is C18H19BO2. The molecule has 0 radical (unpaired) electrons. The molecule has 1 heterocycles. The fourth-order valence-corrected chi connectivity index (χ4v) is 2.65. The van der Waals surface area contributed by atoms with E-state index in [2.05, 4.69) is 30.3 Å². The number of hydrogen-bond donors (Lipinski definition) is 0. The van der Waals surface area contributed by atoms with Crippen LogP contribution in [0, 0.1) is 0 Å². The quantitative estimate of drug-likeness (QED) is 0.602. The molecule has 0 aromatic heterocycles. The summed E-state index contributed by atoms with van der Waals surface area (Å²) in [4.78, 5) is 0. The van der Waals surface area contributed by atoms with E-state index < -0.39 is 0 Å². The maximum atomic E-state index is 6.14. The Bertz CT molecular complexity index is 535. The minimum atomic E-state index is -0.184. The third kappa shape index (κ3) is 3.26. The van der Waals surface area contributed by atoms with Crippen molar-refractivity contribution in [3.8, 4) is 0 Å². The fraction of sp³-hybridized carbons (Fsp3) is 0.222. The van der Waals surface area contributed by atoms with Crippen molar-refractivity contribution in [1.29, 1.82) is 0 Å². The third-order valence-corrected chi connectivity index (χ3v) is 3.69. The second kappa shape index (κ2) is 6.75. The van der Waals surface area contributed by atoms with E-state index in [1.165, 1.54) is 0 Å². The molecule has 2 nitrogen and oxygen atoms in total. The van der Waals surface area contributed by atoms with Gasteiger partial charge < -0.3 is 9.31 Å². The fourth-order valence-electron chi connectivity index (χ4n) is 2.65. The van der Waals surface area contributed by atoms with Gasteiger partial charge in [0.15, 0.2) is 0 Å². The summed E-state index contributed by atoms with van der Waals surface area (Å²) in [5.74, 6) is 0. The van der Waals surface area contributed by atoms with Crippen LogP contribution in [0.3, 0.4) is 0 Å². The van der Waals surface area contributed by atoms with Gasteiger partial charge in [0.05, 0.1) is 12.2 Å². The van der Waals surface area contributed by atoms with Crippen LogP contribution >= 0.6 is 0 Å². The van der Waals surface area contributed by atoms with Crippen LogP contribution in [0.5, 0.6) is 0 Å². The second-order valence-electron chi connectivity index (χ2n) is 5.17. The summed E-state index contributed by atoms with van der Waals surface area (Å²) in [5.41, 5.74) is 2.32. The highest BCUT2D eigenvalue weighted by Gasteiger charge is 2.40. The van der Waals surface area contributed by atoms with Crippen molar-refractivity contribution in [2.75, 3.05) is 0 Å². The van der Waals surface area contributed by atoms with E-state index in [4.69, 9.17) is 9.31 Å². The first kappa shape index (κ1) is 14.1. The molecule has 21 heavy (non-hydrogen) atoms. The molecular weight excluding hydrogens is 259 g/mol. The average molecular weight is 278 g/mol. The maximum absolute atomic E-state index is 6.14. The van der Waals surface area contributed by atoms with E-state index >= 15 is 0 Å². The number of rotatable bonds is 4. The number of allylic oxidation sites excluding steroid dienone is 2. The monoisotopic (exact) mass is 278 g/mol. The van der Waals surface area contributed by atoms with E-state index in [0.717, 1.165) is 17.4 Å². The molecule has 2 atom stereocenters. The van der Waals surface area contributed by atoms with Gasteiger partial charge >= 0.3 is 7.12 Å². The Morgan fingerprint density at radius 1 is 0.857 bits per heavy atom. The van der Waals surface area contributed by atoms with Crippen molar-refractivity contribution in [3.63, 3.8) is 0 Å². The van der Waals surface area contributed by atoms with Gasteiger partial charge in [-0.25, -0.2) is 0 Å². The highest BCUT2D eigenvalue weighted by Crippen LogP contribution is 2.42. The van der Waals surface area contributed by atoms with E-state index in [0.29, 0.717) is 0 Å². The Kier molecular flexibility index (Phi) is 4.54. The van der Waals surface area contributed by atoms with Crippen LogP contribution in [-0.4, -0.2) is 7.12 Å². The van der Waals surface area contributed by atoms with Crippen molar-refractivity contribution in [2.45, 2.75) is 25.5 Å². The van der Waals surface area contributed by atoms with Gasteiger partial charge in [0.2, 0.25) is 0 Å². The molecule has 3 heteroatoms. The Morgan fingerprint density at radius 3 is 1.76 bits per heavy atom. The van der Waals surface area contributed by atoms with Crippen molar-refractivity contribution >= 4 is 7.12 Å². The highest BCUT2D eigenvalue weighted by molar-refractivity contribution is 6.45. The van der Waals surface area contributed by atoms with Crippen LogP contribution in [-0.2, 0) is 9.31 Å². The third-order valence-electron chi connectivity index (χ3n) is 3.69. The Labute approximate surface area is 126 Å². The molecule has 0 unspecified atom stereocenters. The van der Waals surface area contributed by atoms with Gasteiger partial charge in [-0.2, -0.15) is 0 Å². The molecule has 0 amide bonds. The summed E-state index contributed by atoms with van der Waals surface area (Å²) in [6.07, 6.45) is 4.79. The van der Waals surface area contributed by atoms with Gasteiger partial charge in [0.1, 0.15) is 0 Å². The Balaban J connectivity index is 1.87. The van der Waals surface area contributed by atoms with Crippen LogP contribution in [0.15, 0.2) is 72.8 Å². The SMILES string of the molecule is C/C=C/CB1O[C@H](c2ccccc2)[C@@H](c2ccccc2)O1. The molecule has 2 aromatic rings. The first-order chi connectivity index (χ1) is 10.4. The van der Waals surface area contributed by atoms with Crippen LogP contribution in [0.4, 0.5) is 0 Å². The zero-order valence-electron chi connectivity index (χ0n) is 12.2. The van der Waals surface area contributed by atoms with E-state index in [9.17, 15) is 0 Å². The topological polar surface area (TPSA) is 18.5 Å². The van der Waals surface area contributed by atoms with E-state index in [1.54, 1.807) is 0 Å². The highest BCUT2D eigenvalue weighted by atomic mass is 16.7. The molecule has 0 N–H and O–H groups in total. The lowest BCUT2D eigenvalue weighted by molar-refractivity contribution is 0.159. The van der Waals surface area contributed by atoms with E-state index in [1.807, 2.05) is 49.4 Å². The Hall–Kier alpha value is -1.84. The minimum Gasteiger partial charge on any atom is -0.401 e.